The quantitative estimate of drug-likeness (QED) is 0.762. The lowest BCUT2D eigenvalue weighted by Gasteiger charge is -2.49. The zero-order valence-electron chi connectivity index (χ0n) is 11.6. The molecule has 3 rings (SSSR count). The van der Waals surface area contributed by atoms with Crippen LogP contribution in [0.2, 0.25) is 0 Å². The van der Waals surface area contributed by atoms with Crippen molar-refractivity contribution in [3.8, 4) is 0 Å². The van der Waals surface area contributed by atoms with Crippen molar-refractivity contribution < 1.29 is 4.79 Å². The van der Waals surface area contributed by atoms with Gasteiger partial charge in [-0.3, -0.25) is 0 Å². The summed E-state index contributed by atoms with van der Waals surface area (Å²) in [4.78, 5) is 14.3. The molecule has 1 heterocycles. The third-order valence-corrected chi connectivity index (χ3v) is 4.80. The van der Waals surface area contributed by atoms with Gasteiger partial charge < -0.3 is 10.2 Å². The second-order valence-corrected chi connectivity index (χ2v) is 5.83. The second-order valence-electron chi connectivity index (χ2n) is 5.83. The van der Waals surface area contributed by atoms with Crippen LogP contribution in [0.15, 0.2) is 24.3 Å². The van der Waals surface area contributed by atoms with E-state index in [1.165, 1.54) is 17.5 Å². The van der Waals surface area contributed by atoms with E-state index < -0.39 is 0 Å². The number of fused-ring (bicyclic) bond motifs is 1. The SMILES string of the molecule is CNC(=O)N1CCCCC12CCc1ccccc1C2. The van der Waals surface area contributed by atoms with Crippen molar-refractivity contribution in [2.75, 3.05) is 13.6 Å². The standard InChI is InChI=1S/C16H22N2O/c1-17-15(19)18-11-5-4-9-16(18)10-8-13-6-2-3-7-14(13)12-16/h2-3,6-7H,4-5,8-12H2,1H3,(H,17,19). The van der Waals surface area contributed by atoms with Gasteiger partial charge in [-0.15, -0.1) is 0 Å². The minimum absolute atomic E-state index is 0.0622. The Bertz CT molecular complexity index is 485. The molecule has 1 fully saturated rings. The molecule has 3 nitrogen and oxygen atoms in total. The molecule has 2 amide bonds. The first-order valence-electron chi connectivity index (χ1n) is 7.31. The summed E-state index contributed by atoms with van der Waals surface area (Å²) in [7, 11) is 1.74. The monoisotopic (exact) mass is 258 g/mol. The first-order valence-corrected chi connectivity index (χ1v) is 7.31. The number of urea groups is 1. The number of benzene rings is 1. The molecular formula is C16H22N2O. The van der Waals surface area contributed by atoms with Crippen LogP contribution in [0, 0.1) is 0 Å². The zero-order chi connectivity index (χ0) is 13.3. The van der Waals surface area contributed by atoms with Crippen molar-refractivity contribution in [3.05, 3.63) is 35.4 Å². The molecule has 1 spiro atoms. The molecule has 2 aliphatic rings. The Morgan fingerprint density at radius 3 is 2.79 bits per heavy atom. The summed E-state index contributed by atoms with van der Waals surface area (Å²) in [6.45, 7) is 0.905. The summed E-state index contributed by atoms with van der Waals surface area (Å²) in [5, 5.41) is 2.82. The van der Waals surface area contributed by atoms with Gasteiger partial charge in [-0.05, 0) is 49.7 Å². The van der Waals surface area contributed by atoms with Gasteiger partial charge in [0.2, 0.25) is 0 Å². The van der Waals surface area contributed by atoms with E-state index in [1.807, 2.05) is 0 Å². The van der Waals surface area contributed by atoms with Crippen molar-refractivity contribution in [1.82, 2.24) is 10.2 Å². The Kier molecular flexibility index (Phi) is 3.21. The molecule has 0 saturated carbocycles. The minimum Gasteiger partial charge on any atom is -0.341 e. The van der Waals surface area contributed by atoms with Gasteiger partial charge in [0.05, 0.1) is 0 Å². The largest absolute Gasteiger partial charge is 0.341 e. The van der Waals surface area contributed by atoms with Crippen molar-refractivity contribution in [2.24, 2.45) is 0 Å². The molecule has 1 atom stereocenters. The molecule has 1 aromatic carbocycles. The Labute approximate surface area is 115 Å². The summed E-state index contributed by atoms with van der Waals surface area (Å²) in [6, 6.07) is 8.79. The molecule has 1 saturated heterocycles. The number of carbonyl (C=O) groups excluding carboxylic acids is 1. The predicted molar refractivity (Wildman–Crippen MR) is 76.2 cm³/mol. The molecule has 0 radical (unpaired) electrons. The van der Waals surface area contributed by atoms with Crippen molar-refractivity contribution >= 4 is 6.03 Å². The topological polar surface area (TPSA) is 32.3 Å². The van der Waals surface area contributed by atoms with Crippen LogP contribution in [0.1, 0.15) is 36.8 Å². The van der Waals surface area contributed by atoms with E-state index in [-0.39, 0.29) is 11.6 Å². The van der Waals surface area contributed by atoms with Gasteiger partial charge in [-0.25, -0.2) is 4.79 Å². The van der Waals surface area contributed by atoms with Crippen LogP contribution in [-0.4, -0.2) is 30.1 Å². The number of nitrogens with one attached hydrogen (secondary N) is 1. The summed E-state index contributed by atoms with van der Waals surface area (Å²) >= 11 is 0. The number of likely N-dealkylation sites (tertiary alicyclic amines) is 1. The minimum atomic E-state index is 0.0622. The van der Waals surface area contributed by atoms with E-state index in [4.69, 9.17) is 0 Å². The molecule has 1 unspecified atom stereocenters. The predicted octanol–water partition coefficient (Wildman–Crippen LogP) is 2.74. The first-order chi connectivity index (χ1) is 9.25. The molecule has 102 valence electrons. The maximum Gasteiger partial charge on any atom is 0.317 e. The van der Waals surface area contributed by atoms with Crippen LogP contribution in [0.5, 0.6) is 0 Å². The van der Waals surface area contributed by atoms with E-state index in [0.717, 1.165) is 38.6 Å². The fraction of sp³-hybridized carbons (Fsp3) is 0.562. The lowest BCUT2D eigenvalue weighted by atomic mass is 9.72. The van der Waals surface area contributed by atoms with E-state index in [1.54, 1.807) is 7.05 Å². The van der Waals surface area contributed by atoms with E-state index >= 15 is 0 Å². The van der Waals surface area contributed by atoms with E-state index in [2.05, 4.69) is 34.5 Å². The Morgan fingerprint density at radius 1 is 1.21 bits per heavy atom. The molecule has 1 aliphatic carbocycles. The molecule has 19 heavy (non-hydrogen) atoms. The third kappa shape index (κ3) is 2.11. The third-order valence-electron chi connectivity index (χ3n) is 4.80. The van der Waals surface area contributed by atoms with Gasteiger partial charge in [0.15, 0.2) is 0 Å². The van der Waals surface area contributed by atoms with Crippen LogP contribution >= 0.6 is 0 Å². The highest BCUT2D eigenvalue weighted by Crippen LogP contribution is 2.39. The first kappa shape index (κ1) is 12.5. The fourth-order valence-electron chi connectivity index (χ4n) is 3.78. The summed E-state index contributed by atoms with van der Waals surface area (Å²) in [5.41, 5.74) is 2.97. The highest BCUT2D eigenvalue weighted by atomic mass is 16.2. The summed E-state index contributed by atoms with van der Waals surface area (Å²) in [6.07, 6.45) is 6.76. The molecular weight excluding hydrogens is 236 g/mol. The van der Waals surface area contributed by atoms with Crippen LogP contribution in [0.4, 0.5) is 4.79 Å². The van der Waals surface area contributed by atoms with Crippen molar-refractivity contribution in [3.63, 3.8) is 0 Å². The van der Waals surface area contributed by atoms with Crippen molar-refractivity contribution in [2.45, 2.75) is 44.1 Å². The zero-order valence-corrected chi connectivity index (χ0v) is 11.6. The number of hydrogen-bond donors (Lipinski definition) is 1. The number of aryl methyl sites for hydroxylation is 1. The highest BCUT2D eigenvalue weighted by Gasteiger charge is 2.43. The normalized spacial score (nSPS) is 26.1. The number of nitrogens with zero attached hydrogens (tertiary/aromatic N) is 1. The number of amides is 2. The molecule has 1 aliphatic heterocycles. The fourth-order valence-corrected chi connectivity index (χ4v) is 3.78. The van der Waals surface area contributed by atoms with Crippen LogP contribution < -0.4 is 5.32 Å². The molecule has 3 heteroatoms. The van der Waals surface area contributed by atoms with Crippen LogP contribution in [0.3, 0.4) is 0 Å². The van der Waals surface area contributed by atoms with Gasteiger partial charge in [0.1, 0.15) is 0 Å². The maximum absolute atomic E-state index is 12.2. The second kappa shape index (κ2) is 4.87. The van der Waals surface area contributed by atoms with Crippen LogP contribution in [0.25, 0.3) is 0 Å². The number of rotatable bonds is 0. The van der Waals surface area contributed by atoms with Gasteiger partial charge in [-0.1, -0.05) is 24.3 Å². The molecule has 0 aromatic heterocycles. The van der Waals surface area contributed by atoms with E-state index in [9.17, 15) is 4.79 Å². The summed E-state index contributed by atoms with van der Waals surface area (Å²) in [5.74, 6) is 0. The number of hydrogen-bond acceptors (Lipinski definition) is 1. The number of piperidine rings is 1. The highest BCUT2D eigenvalue weighted by molar-refractivity contribution is 5.75. The lowest BCUT2D eigenvalue weighted by Crippen LogP contribution is -2.59. The number of carbonyl (C=O) groups is 1. The van der Waals surface area contributed by atoms with Crippen LogP contribution in [-0.2, 0) is 12.8 Å². The maximum atomic E-state index is 12.2. The van der Waals surface area contributed by atoms with Gasteiger partial charge in [0.25, 0.3) is 0 Å². The Balaban J connectivity index is 1.92. The van der Waals surface area contributed by atoms with Crippen molar-refractivity contribution in [1.29, 1.82) is 0 Å². The molecule has 1 aromatic rings. The summed E-state index contributed by atoms with van der Waals surface area (Å²) < 4.78 is 0. The molecule has 0 bridgehead atoms. The smallest absolute Gasteiger partial charge is 0.317 e. The Morgan fingerprint density at radius 2 is 2.00 bits per heavy atom. The lowest BCUT2D eigenvalue weighted by molar-refractivity contribution is 0.0652. The average Bonchev–Trinajstić information content (AvgIpc) is 2.47. The van der Waals surface area contributed by atoms with E-state index in [0.29, 0.717) is 0 Å². The van der Waals surface area contributed by atoms with Gasteiger partial charge in [0, 0.05) is 19.1 Å². The Hall–Kier alpha value is -1.51. The van der Waals surface area contributed by atoms with Gasteiger partial charge >= 0.3 is 6.03 Å². The van der Waals surface area contributed by atoms with Gasteiger partial charge in [-0.2, -0.15) is 0 Å². The molecule has 1 N–H and O–H groups in total. The average molecular weight is 258 g/mol.